The van der Waals surface area contributed by atoms with Gasteiger partial charge < -0.3 is 29.1 Å². The molecule has 2 saturated heterocycles. The predicted molar refractivity (Wildman–Crippen MR) is 288 cm³/mol. The molecule has 4 amide bonds. The lowest BCUT2D eigenvalue weighted by atomic mass is 9.99. The van der Waals surface area contributed by atoms with E-state index in [2.05, 4.69) is 20.8 Å². The Hall–Kier alpha value is -5.26. The maximum atomic E-state index is 14.0. The van der Waals surface area contributed by atoms with Gasteiger partial charge in [-0.2, -0.15) is 9.59 Å². The largest absolute Gasteiger partial charge is 0.444 e. The second kappa shape index (κ2) is 29.1. The summed E-state index contributed by atoms with van der Waals surface area (Å²) in [5.41, 5.74) is 0.362. The fourth-order valence-corrected chi connectivity index (χ4v) is 10.7. The molecule has 2 atom stereocenters. The number of carbonyl (C=O) groups excluding carboxylic acids is 6. The van der Waals surface area contributed by atoms with Gasteiger partial charge in [0.05, 0.1) is 26.8 Å². The molecule has 0 saturated carbocycles. The molecule has 0 unspecified atom stereocenters. The number of rotatable bonds is 17. The van der Waals surface area contributed by atoms with Crippen LogP contribution in [0.15, 0.2) is 29.2 Å². The number of likely N-dealkylation sites (tertiary alicyclic amines) is 2. The van der Waals surface area contributed by atoms with E-state index in [1.807, 2.05) is 82.2 Å². The number of nitro benzene ring substituents is 2. The highest BCUT2D eigenvalue weighted by molar-refractivity contribution is 8.00. The average molecular weight is 1080 g/mol. The van der Waals surface area contributed by atoms with Gasteiger partial charge >= 0.3 is 18.3 Å². The molecule has 0 bridgehead atoms. The molecule has 0 radical (unpaired) electrons. The summed E-state index contributed by atoms with van der Waals surface area (Å²) in [7, 11) is 0. The molecule has 18 nitrogen and oxygen atoms in total. The zero-order valence-corrected chi connectivity index (χ0v) is 48.2. The van der Waals surface area contributed by atoms with E-state index in [0.717, 1.165) is 44.1 Å². The summed E-state index contributed by atoms with van der Waals surface area (Å²) in [5.74, 6) is -0.544. The minimum atomic E-state index is -0.601. The highest BCUT2D eigenvalue weighted by Crippen LogP contribution is 2.42. The Morgan fingerprint density at radius 1 is 0.703 bits per heavy atom. The van der Waals surface area contributed by atoms with Gasteiger partial charge in [-0.25, -0.2) is 9.59 Å². The quantitative estimate of drug-likeness (QED) is 0.0623. The molecule has 20 heteroatoms. The molecule has 0 spiro atoms. The van der Waals surface area contributed by atoms with Gasteiger partial charge in [-0.05, 0) is 138 Å². The number of aryl methyl sites for hydroxylation is 2. The number of amides is 4. The first-order valence-corrected chi connectivity index (χ1v) is 27.0. The third kappa shape index (κ3) is 20.5. The van der Waals surface area contributed by atoms with Gasteiger partial charge in [-0.15, -0.1) is 11.8 Å². The Balaban J connectivity index is 0.000000501. The molecule has 4 rings (SSSR count). The number of nitro groups is 2. The maximum absolute atomic E-state index is 14.0. The standard InChI is InChI=1S/C32H53N3O5S.C21H30ClN3O5.CO2/c1-10-11-12-13-14-15-18-32(8,9)41-28-20-24(4)26(21-27(28)35(38)39)29(36)34(23(2)3)25-17-16-19-33(22-25)30(37)40-31(5,6)7;1-13(2)24(15-8-7-9-23(12-15)20(27)30-21(4,5)6)19(26)16-11-18(25(28)29)17(22)10-14(16)3;2-1-3/h20-21,23,25H,10-19,22H2,1-9H3;10-11,13,15H,7-9,12H2,1-6H3;/t25-;15-;/m11./s1. The smallest absolute Gasteiger partial charge is 0.410 e. The Morgan fingerprint density at radius 2 is 1.09 bits per heavy atom. The zero-order chi connectivity index (χ0) is 56.5. The van der Waals surface area contributed by atoms with Crippen LogP contribution in [0.2, 0.25) is 5.02 Å². The number of halogens is 1. The van der Waals surface area contributed by atoms with Crippen LogP contribution >= 0.6 is 23.4 Å². The molecule has 0 N–H and O–H groups in total. The summed E-state index contributed by atoms with van der Waals surface area (Å²) in [6, 6.07) is 5.24. The number of nitrogens with zero attached hydrogens (tertiary/aromatic N) is 6. The van der Waals surface area contributed by atoms with Crippen LogP contribution in [-0.2, 0) is 19.1 Å². The second-order valence-electron chi connectivity index (χ2n) is 22.3. The monoisotopic (exact) mass is 1070 g/mol. The van der Waals surface area contributed by atoms with E-state index in [9.17, 15) is 39.4 Å². The van der Waals surface area contributed by atoms with E-state index < -0.39 is 22.2 Å². The van der Waals surface area contributed by atoms with Crippen molar-refractivity contribution >= 4 is 64.9 Å². The van der Waals surface area contributed by atoms with Crippen molar-refractivity contribution in [2.45, 2.75) is 219 Å². The van der Waals surface area contributed by atoms with Crippen molar-refractivity contribution < 1.29 is 48.1 Å². The highest BCUT2D eigenvalue weighted by atomic mass is 35.5. The molecule has 2 aromatic rings. The maximum Gasteiger partial charge on any atom is 0.410 e. The number of carbonyl (C=O) groups is 4. The third-order valence-electron chi connectivity index (χ3n) is 12.4. The van der Waals surface area contributed by atoms with Gasteiger partial charge in [0.25, 0.3) is 23.2 Å². The van der Waals surface area contributed by atoms with Crippen molar-refractivity contribution in [3.8, 4) is 0 Å². The highest BCUT2D eigenvalue weighted by Gasteiger charge is 2.38. The summed E-state index contributed by atoms with van der Waals surface area (Å²) in [4.78, 5) is 98.9. The summed E-state index contributed by atoms with van der Waals surface area (Å²) in [6.45, 7) is 30.6. The van der Waals surface area contributed by atoms with Gasteiger partial charge in [0.1, 0.15) is 16.2 Å². The van der Waals surface area contributed by atoms with Crippen molar-refractivity contribution in [2.24, 2.45) is 0 Å². The molecular formula is C54H83ClN6O12S. The van der Waals surface area contributed by atoms with Crippen molar-refractivity contribution in [1.82, 2.24) is 19.6 Å². The lowest BCUT2D eigenvalue weighted by Crippen LogP contribution is -2.54. The Morgan fingerprint density at radius 3 is 1.49 bits per heavy atom. The fraction of sp³-hybridized carbons (Fsp3) is 0.685. The first-order chi connectivity index (χ1) is 34.3. The van der Waals surface area contributed by atoms with E-state index >= 15 is 0 Å². The number of thioether (sulfide) groups is 1. The number of hydrogen-bond donors (Lipinski definition) is 0. The average Bonchev–Trinajstić information content (AvgIpc) is 3.26. The Kier molecular flexibility index (Phi) is 25.5. The van der Waals surface area contributed by atoms with E-state index in [4.69, 9.17) is 30.7 Å². The van der Waals surface area contributed by atoms with Crippen molar-refractivity contribution in [3.05, 3.63) is 71.8 Å². The first-order valence-electron chi connectivity index (χ1n) is 25.8. The molecule has 414 valence electrons. The number of hydrogen-bond acceptors (Lipinski definition) is 13. The summed E-state index contributed by atoms with van der Waals surface area (Å²) < 4.78 is 10.9. The Labute approximate surface area is 448 Å². The molecular weight excluding hydrogens is 992 g/mol. The van der Waals surface area contributed by atoms with Gasteiger partial charge in [0.2, 0.25) is 0 Å². The van der Waals surface area contributed by atoms with Crippen LogP contribution in [0.3, 0.4) is 0 Å². The van der Waals surface area contributed by atoms with E-state index in [-0.39, 0.29) is 79.9 Å². The molecule has 0 aromatic heterocycles. The molecule has 2 heterocycles. The van der Waals surface area contributed by atoms with Gasteiger partial charge in [0, 0.05) is 66.3 Å². The number of benzene rings is 2. The van der Waals surface area contributed by atoms with E-state index in [1.165, 1.54) is 62.1 Å². The lowest BCUT2D eigenvalue weighted by Gasteiger charge is -2.41. The Bertz CT molecular complexity index is 2290. The molecule has 2 fully saturated rings. The number of ether oxygens (including phenoxy) is 2. The van der Waals surface area contributed by atoms with E-state index in [0.29, 0.717) is 42.2 Å². The van der Waals surface area contributed by atoms with E-state index in [1.54, 1.807) is 26.5 Å². The van der Waals surface area contributed by atoms with Crippen molar-refractivity contribution in [3.63, 3.8) is 0 Å². The van der Waals surface area contributed by atoms with Gasteiger partial charge in [-0.3, -0.25) is 29.8 Å². The fourth-order valence-electron chi connectivity index (χ4n) is 9.11. The minimum absolute atomic E-state index is 0.00101. The van der Waals surface area contributed by atoms with Crippen LogP contribution in [-0.4, -0.2) is 126 Å². The van der Waals surface area contributed by atoms with Crippen LogP contribution in [0.25, 0.3) is 0 Å². The van der Waals surface area contributed by atoms with Gasteiger partial charge in [-0.1, -0.05) is 70.9 Å². The lowest BCUT2D eigenvalue weighted by molar-refractivity contribution is -0.387. The topological polar surface area (TPSA) is 220 Å². The molecule has 2 aromatic carbocycles. The second-order valence-corrected chi connectivity index (χ2v) is 24.4. The van der Waals surface area contributed by atoms with Crippen molar-refractivity contribution in [2.75, 3.05) is 26.2 Å². The number of piperidine rings is 2. The van der Waals surface area contributed by atoms with Crippen LogP contribution in [0, 0.1) is 34.1 Å². The van der Waals surface area contributed by atoms with Crippen LogP contribution in [0.5, 0.6) is 0 Å². The third-order valence-corrected chi connectivity index (χ3v) is 14.0. The number of unbranched alkanes of at least 4 members (excludes halogenated alkanes) is 5. The molecule has 74 heavy (non-hydrogen) atoms. The summed E-state index contributed by atoms with van der Waals surface area (Å²) >= 11 is 7.50. The zero-order valence-electron chi connectivity index (χ0n) is 46.6. The SMILES string of the molecule is CCCCCCCCC(C)(C)Sc1cc(C)c(C(=O)N(C(C)C)[C@@H]2CCCN(C(=O)OC(C)(C)C)C2)cc1[N+](=O)[O-].Cc1cc(Cl)c([N+](=O)[O-])cc1C(=O)N(C(C)C)[C@@H]1CCCN(C(=O)OC(C)(C)C)C1.O=C=O. The predicted octanol–water partition coefficient (Wildman–Crippen LogP) is 13.0. The van der Waals surface area contributed by atoms with Crippen LogP contribution in [0.4, 0.5) is 21.0 Å². The van der Waals surface area contributed by atoms with Gasteiger partial charge in [0.15, 0.2) is 0 Å². The van der Waals surface area contributed by atoms with Crippen LogP contribution in [0.1, 0.15) is 192 Å². The molecule has 2 aliphatic rings. The molecule has 0 aliphatic carbocycles. The first kappa shape index (κ1) is 64.9. The normalized spacial score (nSPS) is 16.0. The van der Waals surface area contributed by atoms with Crippen LogP contribution < -0.4 is 0 Å². The minimum Gasteiger partial charge on any atom is -0.444 e. The van der Waals surface area contributed by atoms with Crippen molar-refractivity contribution in [1.29, 1.82) is 0 Å². The summed E-state index contributed by atoms with van der Waals surface area (Å²) in [6.07, 6.45) is 10.7. The summed E-state index contributed by atoms with van der Waals surface area (Å²) in [5, 5.41) is 23.5. The molecule has 2 aliphatic heterocycles.